The van der Waals surface area contributed by atoms with E-state index in [-0.39, 0.29) is 21.7 Å². The van der Waals surface area contributed by atoms with Gasteiger partial charge in [-0.15, -0.1) is 0 Å². The molecule has 0 atom stereocenters. The van der Waals surface area contributed by atoms with E-state index in [0.29, 0.717) is 0 Å². The van der Waals surface area contributed by atoms with E-state index in [1.165, 1.54) is 65.2 Å². The number of benzene rings is 2. The summed E-state index contributed by atoms with van der Waals surface area (Å²) in [4.78, 5) is 24.1. The zero-order chi connectivity index (χ0) is 19.4. The molecule has 3 rings (SSSR count). The highest BCUT2D eigenvalue weighted by molar-refractivity contribution is 7.90. The summed E-state index contributed by atoms with van der Waals surface area (Å²) in [5.41, 5.74) is -0.0974. The lowest BCUT2D eigenvalue weighted by molar-refractivity contribution is 0.0980. The Labute approximate surface area is 158 Å². The van der Waals surface area contributed by atoms with Crippen LogP contribution in [0.4, 0.5) is 10.1 Å². The number of halogens is 1. The van der Waals surface area contributed by atoms with Crippen LogP contribution in [0.5, 0.6) is 0 Å². The number of amides is 2. The van der Waals surface area contributed by atoms with Crippen molar-refractivity contribution in [2.45, 2.75) is 4.90 Å². The number of hydrogen-bond donors (Lipinski definition) is 2. The van der Waals surface area contributed by atoms with E-state index >= 15 is 0 Å². The third kappa shape index (κ3) is 4.21. The molecule has 138 valence electrons. The lowest BCUT2D eigenvalue weighted by atomic mass is 10.2. The summed E-state index contributed by atoms with van der Waals surface area (Å²) in [6, 6.07) is 12.4. The lowest BCUT2D eigenvalue weighted by Crippen LogP contribution is -2.31. The van der Waals surface area contributed by atoms with Gasteiger partial charge in [0.2, 0.25) is 0 Å². The van der Waals surface area contributed by atoms with Crippen molar-refractivity contribution in [3.05, 3.63) is 82.3 Å². The Bertz CT molecular complexity index is 1100. The van der Waals surface area contributed by atoms with Crippen molar-refractivity contribution in [1.82, 2.24) is 4.72 Å². The van der Waals surface area contributed by atoms with Crippen molar-refractivity contribution in [2.75, 3.05) is 5.32 Å². The summed E-state index contributed by atoms with van der Waals surface area (Å²) in [5.74, 6) is -2.33. The van der Waals surface area contributed by atoms with Crippen LogP contribution in [0, 0.1) is 5.82 Å². The quantitative estimate of drug-likeness (QED) is 0.683. The van der Waals surface area contributed by atoms with E-state index in [0.717, 1.165) is 6.07 Å². The molecular formula is C18H13FN2O4S2. The zero-order valence-corrected chi connectivity index (χ0v) is 15.3. The van der Waals surface area contributed by atoms with Crippen LogP contribution in [0.3, 0.4) is 0 Å². The Hall–Kier alpha value is -3.04. The van der Waals surface area contributed by atoms with Gasteiger partial charge < -0.3 is 5.32 Å². The van der Waals surface area contributed by atoms with Crippen molar-refractivity contribution in [3.8, 4) is 0 Å². The number of sulfonamides is 1. The summed E-state index contributed by atoms with van der Waals surface area (Å²) in [6.07, 6.45) is 0. The van der Waals surface area contributed by atoms with E-state index in [4.69, 9.17) is 0 Å². The minimum absolute atomic E-state index is 0.0728. The molecule has 0 radical (unpaired) electrons. The zero-order valence-electron chi connectivity index (χ0n) is 13.7. The van der Waals surface area contributed by atoms with Gasteiger partial charge in [0.1, 0.15) is 10.7 Å². The molecule has 2 aromatic carbocycles. The average molecular weight is 404 g/mol. The van der Waals surface area contributed by atoms with Crippen LogP contribution in [-0.2, 0) is 10.0 Å². The van der Waals surface area contributed by atoms with Crippen molar-refractivity contribution in [1.29, 1.82) is 0 Å². The molecule has 0 unspecified atom stereocenters. The first kappa shape index (κ1) is 18.7. The fourth-order valence-electron chi connectivity index (χ4n) is 2.27. The molecule has 0 aliphatic rings. The summed E-state index contributed by atoms with van der Waals surface area (Å²) in [7, 11) is -4.26. The van der Waals surface area contributed by atoms with Gasteiger partial charge in [0.05, 0.1) is 16.8 Å². The summed E-state index contributed by atoms with van der Waals surface area (Å²) in [6.45, 7) is 0. The topological polar surface area (TPSA) is 92.3 Å². The Kier molecular flexibility index (Phi) is 5.33. The van der Waals surface area contributed by atoms with Gasteiger partial charge in [0, 0.05) is 5.38 Å². The maximum Gasteiger partial charge on any atom is 0.266 e. The first-order valence-electron chi connectivity index (χ1n) is 7.63. The van der Waals surface area contributed by atoms with Crippen molar-refractivity contribution in [3.63, 3.8) is 0 Å². The fraction of sp³-hybridized carbons (Fsp3) is 0. The number of carbonyl (C=O) groups excluding carboxylic acids is 2. The molecule has 0 aliphatic heterocycles. The van der Waals surface area contributed by atoms with E-state index in [2.05, 4.69) is 5.32 Å². The fourth-order valence-corrected chi connectivity index (χ4v) is 4.04. The first-order chi connectivity index (χ1) is 12.9. The lowest BCUT2D eigenvalue weighted by Gasteiger charge is -2.12. The van der Waals surface area contributed by atoms with Crippen LogP contribution in [-0.4, -0.2) is 20.2 Å². The predicted molar refractivity (Wildman–Crippen MR) is 99.8 cm³/mol. The second-order valence-electron chi connectivity index (χ2n) is 5.38. The number of thiophene rings is 1. The van der Waals surface area contributed by atoms with Gasteiger partial charge in [-0.3, -0.25) is 9.59 Å². The smallest absolute Gasteiger partial charge is 0.266 e. The van der Waals surface area contributed by atoms with Gasteiger partial charge in [-0.25, -0.2) is 17.5 Å². The Balaban J connectivity index is 1.88. The average Bonchev–Trinajstić information content (AvgIpc) is 3.17. The molecule has 0 saturated heterocycles. The number of anilines is 1. The number of carbonyl (C=O) groups is 2. The molecule has 0 spiro atoms. The monoisotopic (exact) mass is 404 g/mol. The molecule has 1 heterocycles. The standard InChI is InChI=1S/C18H13FN2O4S2/c19-14-6-2-1-5-13(14)18(23)20-15-7-3-4-8-16(15)27(24,25)21-17(22)12-9-10-26-11-12/h1-11H,(H,20,23)(H,21,22). The van der Waals surface area contributed by atoms with Gasteiger partial charge in [0.15, 0.2) is 0 Å². The maximum atomic E-state index is 13.8. The largest absolute Gasteiger partial charge is 0.321 e. The Morgan fingerprint density at radius 1 is 0.926 bits per heavy atom. The second kappa shape index (κ2) is 7.68. The van der Waals surface area contributed by atoms with Crippen molar-refractivity contribution >= 4 is 38.9 Å². The number of hydrogen-bond acceptors (Lipinski definition) is 5. The molecule has 1 aromatic heterocycles. The van der Waals surface area contributed by atoms with Gasteiger partial charge >= 0.3 is 0 Å². The van der Waals surface area contributed by atoms with E-state index in [1.54, 1.807) is 5.38 Å². The molecule has 0 aliphatic carbocycles. The highest BCUT2D eigenvalue weighted by Crippen LogP contribution is 2.22. The van der Waals surface area contributed by atoms with Crippen molar-refractivity contribution in [2.24, 2.45) is 0 Å². The Morgan fingerprint density at radius 3 is 2.33 bits per heavy atom. The normalized spacial score (nSPS) is 11.0. The SMILES string of the molecule is O=C(NS(=O)(=O)c1ccccc1NC(=O)c1ccccc1F)c1ccsc1. The first-order valence-corrected chi connectivity index (χ1v) is 10.1. The maximum absolute atomic E-state index is 13.8. The minimum atomic E-state index is -4.26. The van der Waals surface area contributed by atoms with Crippen LogP contribution < -0.4 is 10.0 Å². The molecule has 0 fully saturated rings. The minimum Gasteiger partial charge on any atom is -0.321 e. The van der Waals surface area contributed by atoms with Crippen LogP contribution >= 0.6 is 11.3 Å². The van der Waals surface area contributed by atoms with Crippen LogP contribution in [0.25, 0.3) is 0 Å². The number of para-hydroxylation sites is 1. The van der Waals surface area contributed by atoms with Gasteiger partial charge in [-0.2, -0.15) is 11.3 Å². The molecule has 9 heteroatoms. The van der Waals surface area contributed by atoms with E-state index in [9.17, 15) is 22.4 Å². The molecule has 2 amide bonds. The third-order valence-electron chi connectivity index (χ3n) is 3.55. The summed E-state index contributed by atoms with van der Waals surface area (Å²) in [5, 5.41) is 5.53. The van der Waals surface area contributed by atoms with Crippen LogP contribution in [0.15, 0.2) is 70.3 Å². The van der Waals surface area contributed by atoms with Gasteiger partial charge in [0.25, 0.3) is 21.8 Å². The highest BCUT2D eigenvalue weighted by Gasteiger charge is 2.23. The summed E-state index contributed by atoms with van der Waals surface area (Å²) >= 11 is 1.25. The van der Waals surface area contributed by atoms with E-state index < -0.39 is 27.7 Å². The predicted octanol–water partition coefficient (Wildman–Crippen LogP) is 3.26. The van der Waals surface area contributed by atoms with Crippen molar-refractivity contribution < 1.29 is 22.4 Å². The highest BCUT2D eigenvalue weighted by atomic mass is 32.2. The number of rotatable bonds is 5. The van der Waals surface area contributed by atoms with Gasteiger partial charge in [-0.05, 0) is 35.7 Å². The van der Waals surface area contributed by atoms with Crippen LogP contribution in [0.1, 0.15) is 20.7 Å². The Morgan fingerprint density at radius 2 is 1.63 bits per heavy atom. The molecular weight excluding hydrogens is 391 g/mol. The molecule has 0 saturated carbocycles. The summed E-state index contributed by atoms with van der Waals surface area (Å²) < 4.78 is 40.9. The third-order valence-corrected chi connectivity index (χ3v) is 5.63. The molecule has 27 heavy (non-hydrogen) atoms. The van der Waals surface area contributed by atoms with Crippen LogP contribution in [0.2, 0.25) is 0 Å². The van der Waals surface area contributed by atoms with E-state index in [1.807, 2.05) is 4.72 Å². The van der Waals surface area contributed by atoms with Gasteiger partial charge in [-0.1, -0.05) is 24.3 Å². The second-order valence-corrected chi connectivity index (χ2v) is 7.81. The molecule has 0 bridgehead atoms. The molecule has 6 nitrogen and oxygen atoms in total. The number of nitrogens with one attached hydrogen (secondary N) is 2. The molecule has 3 aromatic rings. The molecule has 2 N–H and O–H groups in total.